The molecule has 0 atom stereocenters. The Balaban J connectivity index is 2.02. The number of nitrogens with one attached hydrogen (secondary N) is 1. The van der Waals surface area contributed by atoms with Gasteiger partial charge < -0.3 is 10.1 Å². The number of methoxy groups -OCH3 is 1. The van der Waals surface area contributed by atoms with E-state index in [4.69, 9.17) is 16.3 Å². The van der Waals surface area contributed by atoms with Gasteiger partial charge in [-0.2, -0.15) is 8.75 Å². The largest absolute Gasteiger partial charge is 0.497 e. The Morgan fingerprint density at radius 1 is 1.44 bits per heavy atom. The minimum atomic E-state index is 0.410. The van der Waals surface area contributed by atoms with Crippen LogP contribution in [-0.2, 0) is 6.54 Å². The fourth-order valence-electron chi connectivity index (χ4n) is 1.25. The molecule has 0 fully saturated rings. The van der Waals surface area contributed by atoms with Crippen molar-refractivity contribution in [2.75, 3.05) is 12.4 Å². The Bertz CT molecular complexity index is 475. The van der Waals surface area contributed by atoms with Crippen LogP contribution >= 0.6 is 23.3 Å². The van der Waals surface area contributed by atoms with Gasteiger partial charge in [0.25, 0.3) is 0 Å². The number of benzene rings is 1. The number of halogens is 1. The van der Waals surface area contributed by atoms with Gasteiger partial charge in [-0.25, -0.2) is 0 Å². The van der Waals surface area contributed by atoms with Gasteiger partial charge in [0, 0.05) is 6.54 Å². The van der Waals surface area contributed by atoms with Crippen LogP contribution in [0.3, 0.4) is 0 Å². The van der Waals surface area contributed by atoms with Crippen LogP contribution in [-0.4, -0.2) is 15.9 Å². The van der Waals surface area contributed by atoms with E-state index in [0.717, 1.165) is 23.0 Å². The third-order valence-corrected chi connectivity index (χ3v) is 2.93. The minimum absolute atomic E-state index is 0.410. The topological polar surface area (TPSA) is 47.0 Å². The van der Waals surface area contributed by atoms with Gasteiger partial charge in [-0.1, -0.05) is 23.7 Å². The standard InChI is InChI=1S/C10H10ClN3OS/c1-15-8-4-2-3-7(5-8)6-12-10-9(11)13-16-14-10/h2-5H,6H2,1H3,(H,12,14). The summed E-state index contributed by atoms with van der Waals surface area (Å²) in [7, 11) is 1.65. The van der Waals surface area contributed by atoms with Crippen molar-refractivity contribution in [3.8, 4) is 5.75 Å². The summed E-state index contributed by atoms with van der Waals surface area (Å²) in [6, 6.07) is 7.81. The number of anilines is 1. The molecular weight excluding hydrogens is 246 g/mol. The summed E-state index contributed by atoms with van der Waals surface area (Å²) in [6.07, 6.45) is 0. The zero-order valence-electron chi connectivity index (χ0n) is 8.61. The molecule has 1 aromatic carbocycles. The van der Waals surface area contributed by atoms with Gasteiger partial charge in [0.2, 0.25) is 0 Å². The Morgan fingerprint density at radius 2 is 2.31 bits per heavy atom. The van der Waals surface area contributed by atoms with Crippen molar-refractivity contribution in [3.63, 3.8) is 0 Å². The normalized spacial score (nSPS) is 10.1. The second-order valence-corrected chi connectivity index (χ2v) is 4.00. The van der Waals surface area contributed by atoms with Gasteiger partial charge in [0.05, 0.1) is 18.8 Å². The highest BCUT2D eigenvalue weighted by Gasteiger charge is 2.04. The van der Waals surface area contributed by atoms with Gasteiger partial charge in [-0.15, -0.1) is 0 Å². The first kappa shape index (κ1) is 11.2. The first-order valence-electron chi connectivity index (χ1n) is 4.64. The highest BCUT2D eigenvalue weighted by Crippen LogP contribution is 2.19. The second-order valence-electron chi connectivity index (χ2n) is 3.11. The fourth-order valence-corrected chi connectivity index (χ4v) is 1.93. The Kier molecular flexibility index (Phi) is 3.58. The molecule has 0 radical (unpaired) electrons. The third kappa shape index (κ3) is 2.62. The van der Waals surface area contributed by atoms with Crippen molar-refractivity contribution in [1.29, 1.82) is 0 Å². The van der Waals surface area contributed by atoms with Crippen LogP contribution in [0.1, 0.15) is 5.56 Å². The van der Waals surface area contributed by atoms with E-state index in [1.165, 1.54) is 0 Å². The molecule has 84 valence electrons. The van der Waals surface area contributed by atoms with Crippen molar-refractivity contribution in [2.45, 2.75) is 6.54 Å². The van der Waals surface area contributed by atoms with Gasteiger partial charge in [0.15, 0.2) is 11.0 Å². The quantitative estimate of drug-likeness (QED) is 0.913. The maximum absolute atomic E-state index is 5.81. The lowest BCUT2D eigenvalue weighted by Gasteiger charge is -2.05. The third-order valence-electron chi connectivity index (χ3n) is 2.04. The Labute approximate surface area is 103 Å². The maximum atomic E-state index is 5.81. The zero-order valence-corrected chi connectivity index (χ0v) is 10.2. The van der Waals surface area contributed by atoms with Crippen LogP contribution in [0.25, 0.3) is 0 Å². The first-order valence-corrected chi connectivity index (χ1v) is 5.75. The predicted octanol–water partition coefficient (Wildman–Crippen LogP) is 2.81. The predicted molar refractivity (Wildman–Crippen MR) is 65.2 cm³/mol. The summed E-state index contributed by atoms with van der Waals surface area (Å²) in [4.78, 5) is 0. The average Bonchev–Trinajstić information content (AvgIpc) is 2.72. The summed E-state index contributed by atoms with van der Waals surface area (Å²) in [5.74, 6) is 1.45. The molecule has 0 aliphatic carbocycles. The molecule has 0 spiro atoms. The molecule has 1 aromatic heterocycles. The molecule has 4 nitrogen and oxygen atoms in total. The molecule has 16 heavy (non-hydrogen) atoms. The number of ether oxygens (including phenoxy) is 1. The van der Waals surface area contributed by atoms with E-state index in [2.05, 4.69) is 14.1 Å². The lowest BCUT2D eigenvalue weighted by molar-refractivity contribution is 0.414. The van der Waals surface area contributed by atoms with E-state index in [9.17, 15) is 0 Å². The zero-order chi connectivity index (χ0) is 11.4. The molecule has 2 rings (SSSR count). The SMILES string of the molecule is COc1cccc(CNc2nsnc2Cl)c1. The molecule has 0 saturated carbocycles. The maximum Gasteiger partial charge on any atom is 0.186 e. The van der Waals surface area contributed by atoms with Crippen LogP contribution in [0.15, 0.2) is 24.3 Å². The molecule has 0 aliphatic heterocycles. The molecule has 0 unspecified atom stereocenters. The molecule has 2 aromatic rings. The highest BCUT2D eigenvalue weighted by molar-refractivity contribution is 6.99. The van der Waals surface area contributed by atoms with Crippen LogP contribution in [0.2, 0.25) is 5.15 Å². The molecule has 0 aliphatic rings. The van der Waals surface area contributed by atoms with E-state index < -0.39 is 0 Å². The minimum Gasteiger partial charge on any atom is -0.497 e. The molecule has 0 bridgehead atoms. The number of hydrogen-bond donors (Lipinski definition) is 1. The number of hydrogen-bond acceptors (Lipinski definition) is 5. The van der Waals surface area contributed by atoms with Gasteiger partial charge >= 0.3 is 0 Å². The molecule has 1 N–H and O–H groups in total. The van der Waals surface area contributed by atoms with E-state index in [0.29, 0.717) is 17.5 Å². The van der Waals surface area contributed by atoms with Crippen LogP contribution in [0.5, 0.6) is 5.75 Å². The van der Waals surface area contributed by atoms with Gasteiger partial charge in [-0.05, 0) is 17.7 Å². The summed E-state index contributed by atoms with van der Waals surface area (Å²) < 4.78 is 13.0. The Hall–Kier alpha value is -1.33. The van der Waals surface area contributed by atoms with Gasteiger partial charge in [0.1, 0.15) is 5.75 Å². The van der Waals surface area contributed by atoms with Crippen molar-refractivity contribution in [2.24, 2.45) is 0 Å². The first-order chi connectivity index (χ1) is 7.79. The van der Waals surface area contributed by atoms with E-state index in [1.54, 1.807) is 7.11 Å². The molecule has 0 amide bonds. The van der Waals surface area contributed by atoms with Gasteiger partial charge in [-0.3, -0.25) is 0 Å². The lowest BCUT2D eigenvalue weighted by Crippen LogP contribution is -2.00. The molecule has 0 saturated heterocycles. The van der Waals surface area contributed by atoms with Crippen molar-refractivity contribution in [3.05, 3.63) is 35.0 Å². The Morgan fingerprint density at radius 3 is 3.00 bits per heavy atom. The number of aromatic nitrogens is 2. The van der Waals surface area contributed by atoms with Crippen molar-refractivity contribution < 1.29 is 4.74 Å². The smallest absolute Gasteiger partial charge is 0.186 e. The van der Waals surface area contributed by atoms with E-state index in [1.807, 2.05) is 24.3 Å². The van der Waals surface area contributed by atoms with Crippen molar-refractivity contribution in [1.82, 2.24) is 8.75 Å². The molecule has 6 heteroatoms. The van der Waals surface area contributed by atoms with E-state index in [-0.39, 0.29) is 0 Å². The van der Waals surface area contributed by atoms with Crippen LogP contribution in [0.4, 0.5) is 5.82 Å². The summed E-state index contributed by atoms with van der Waals surface area (Å²) >= 11 is 6.90. The van der Waals surface area contributed by atoms with Crippen LogP contribution < -0.4 is 10.1 Å². The molecular formula is C10H10ClN3OS. The summed E-state index contributed by atoms with van der Waals surface area (Å²) in [5, 5.41) is 3.52. The highest BCUT2D eigenvalue weighted by atomic mass is 35.5. The second kappa shape index (κ2) is 5.14. The summed E-state index contributed by atoms with van der Waals surface area (Å²) in [6.45, 7) is 0.641. The van der Waals surface area contributed by atoms with Crippen LogP contribution in [0, 0.1) is 0 Å². The number of nitrogens with zero attached hydrogens (tertiary/aromatic N) is 2. The van der Waals surface area contributed by atoms with Crippen molar-refractivity contribution >= 4 is 29.1 Å². The fraction of sp³-hybridized carbons (Fsp3) is 0.200. The summed E-state index contributed by atoms with van der Waals surface area (Å²) in [5.41, 5.74) is 1.10. The van der Waals surface area contributed by atoms with E-state index >= 15 is 0 Å². The molecule has 1 heterocycles. The average molecular weight is 256 g/mol. The number of rotatable bonds is 4. The lowest BCUT2D eigenvalue weighted by atomic mass is 10.2. The monoisotopic (exact) mass is 255 g/mol.